The molecule has 0 saturated carbocycles. The molecule has 0 fully saturated rings. The van der Waals surface area contributed by atoms with Crippen LogP contribution >= 0.6 is 0 Å². The Morgan fingerprint density at radius 1 is 1.21 bits per heavy atom. The number of phenolic OH excluding ortho intramolecular Hbond substituents is 2. The van der Waals surface area contributed by atoms with Gasteiger partial charge in [-0.05, 0) is 45.1 Å². The average molecular weight is 382 g/mol. The van der Waals surface area contributed by atoms with E-state index in [-0.39, 0.29) is 29.3 Å². The fourth-order valence-electron chi connectivity index (χ4n) is 3.68. The van der Waals surface area contributed by atoms with Crippen LogP contribution < -0.4 is 14.2 Å². The van der Waals surface area contributed by atoms with E-state index in [9.17, 15) is 15.0 Å². The standard InChI is InChI=1S/C22H22O6/c1-11-19(25)18-15(24)10-17(13-6-5-12(23)9-16(13)26-4)27-21(18)14-7-8-22(2,3)28-20(11)14/h5-9,17,23,25H,10H2,1-4H3. The van der Waals surface area contributed by atoms with Crippen molar-refractivity contribution >= 4 is 11.9 Å². The van der Waals surface area contributed by atoms with Gasteiger partial charge in [0.1, 0.15) is 46.0 Å². The van der Waals surface area contributed by atoms with Gasteiger partial charge in [-0.25, -0.2) is 0 Å². The summed E-state index contributed by atoms with van der Waals surface area (Å²) in [6, 6.07) is 4.67. The molecule has 1 unspecified atom stereocenters. The minimum absolute atomic E-state index is 0.0516. The second-order valence-corrected chi connectivity index (χ2v) is 7.62. The predicted octanol–water partition coefficient (Wildman–Crippen LogP) is 4.31. The van der Waals surface area contributed by atoms with Gasteiger partial charge < -0.3 is 24.4 Å². The van der Waals surface area contributed by atoms with E-state index in [2.05, 4.69) is 0 Å². The third kappa shape index (κ3) is 2.76. The normalized spacial score (nSPS) is 19.3. The van der Waals surface area contributed by atoms with E-state index in [1.54, 1.807) is 13.0 Å². The number of hydrogen-bond donors (Lipinski definition) is 2. The highest BCUT2D eigenvalue weighted by molar-refractivity contribution is 6.05. The van der Waals surface area contributed by atoms with Crippen LogP contribution in [-0.4, -0.2) is 28.7 Å². The van der Waals surface area contributed by atoms with Crippen molar-refractivity contribution in [1.29, 1.82) is 0 Å². The first-order valence-corrected chi connectivity index (χ1v) is 9.06. The van der Waals surface area contributed by atoms with Crippen molar-refractivity contribution < 1.29 is 29.2 Å². The molecule has 2 aliphatic rings. The zero-order valence-corrected chi connectivity index (χ0v) is 16.2. The molecule has 6 nitrogen and oxygen atoms in total. The molecule has 0 aliphatic carbocycles. The van der Waals surface area contributed by atoms with Crippen LogP contribution in [0, 0.1) is 6.92 Å². The maximum absolute atomic E-state index is 12.9. The Morgan fingerprint density at radius 2 is 1.96 bits per heavy atom. The fraction of sp³-hybridized carbons (Fsp3) is 0.318. The van der Waals surface area contributed by atoms with E-state index < -0.39 is 11.7 Å². The Bertz CT molecular complexity index is 1020. The van der Waals surface area contributed by atoms with Crippen molar-refractivity contribution in [2.45, 2.75) is 38.9 Å². The van der Waals surface area contributed by atoms with Crippen LogP contribution in [0.2, 0.25) is 0 Å². The van der Waals surface area contributed by atoms with Gasteiger partial charge in [0.15, 0.2) is 5.78 Å². The monoisotopic (exact) mass is 382 g/mol. The Balaban J connectivity index is 1.87. The number of carbonyl (C=O) groups excluding carboxylic acids is 1. The van der Waals surface area contributed by atoms with Crippen LogP contribution in [0.4, 0.5) is 0 Å². The molecule has 0 bridgehead atoms. The van der Waals surface area contributed by atoms with Crippen LogP contribution in [0.1, 0.15) is 53.4 Å². The molecule has 6 heteroatoms. The number of rotatable bonds is 2. The summed E-state index contributed by atoms with van der Waals surface area (Å²) in [5.41, 5.74) is 1.45. The Morgan fingerprint density at radius 3 is 2.68 bits per heavy atom. The van der Waals surface area contributed by atoms with Gasteiger partial charge in [-0.2, -0.15) is 0 Å². The summed E-state index contributed by atoms with van der Waals surface area (Å²) in [6.45, 7) is 5.56. The number of Topliss-reactive ketones (excluding diaryl/α,β-unsaturated/α-hetero) is 1. The number of methoxy groups -OCH3 is 1. The molecule has 2 aliphatic heterocycles. The fourth-order valence-corrected chi connectivity index (χ4v) is 3.68. The van der Waals surface area contributed by atoms with Crippen LogP contribution in [0.3, 0.4) is 0 Å². The Hall–Kier alpha value is -3.15. The van der Waals surface area contributed by atoms with Gasteiger partial charge in [-0.3, -0.25) is 4.79 Å². The highest BCUT2D eigenvalue weighted by Gasteiger charge is 2.38. The van der Waals surface area contributed by atoms with E-state index in [0.717, 1.165) is 0 Å². The number of ether oxygens (including phenoxy) is 3. The number of hydrogen-bond acceptors (Lipinski definition) is 6. The van der Waals surface area contributed by atoms with Crippen molar-refractivity contribution in [1.82, 2.24) is 0 Å². The van der Waals surface area contributed by atoms with E-state index in [1.165, 1.54) is 19.2 Å². The number of carbonyl (C=O) groups is 1. The zero-order valence-electron chi connectivity index (χ0n) is 16.2. The molecule has 0 spiro atoms. The summed E-state index contributed by atoms with van der Waals surface area (Å²) >= 11 is 0. The maximum Gasteiger partial charge on any atom is 0.174 e. The number of fused-ring (bicyclic) bond motifs is 3. The Kier molecular flexibility index (Phi) is 4.03. The SMILES string of the molecule is COc1cc(O)ccc1C1CC(=O)c2c(O)c(C)c3c(c2O1)C=CC(C)(C)O3. The van der Waals surface area contributed by atoms with Crippen molar-refractivity contribution in [2.75, 3.05) is 7.11 Å². The molecule has 4 rings (SSSR count). The molecule has 2 heterocycles. The van der Waals surface area contributed by atoms with Crippen LogP contribution in [0.25, 0.3) is 6.08 Å². The van der Waals surface area contributed by atoms with E-state index in [0.29, 0.717) is 33.9 Å². The summed E-state index contributed by atoms with van der Waals surface area (Å²) in [4.78, 5) is 12.9. The average Bonchev–Trinajstić information content (AvgIpc) is 2.64. The smallest absolute Gasteiger partial charge is 0.174 e. The molecule has 28 heavy (non-hydrogen) atoms. The number of benzene rings is 2. The zero-order chi connectivity index (χ0) is 20.2. The number of ketones is 1. The van der Waals surface area contributed by atoms with Crippen LogP contribution in [0.15, 0.2) is 24.3 Å². The maximum atomic E-state index is 12.9. The van der Waals surface area contributed by atoms with Crippen molar-refractivity contribution in [3.05, 3.63) is 46.5 Å². The van der Waals surface area contributed by atoms with Gasteiger partial charge in [0, 0.05) is 17.2 Å². The molecule has 0 amide bonds. The van der Waals surface area contributed by atoms with Gasteiger partial charge >= 0.3 is 0 Å². The van der Waals surface area contributed by atoms with Crippen LogP contribution in [0.5, 0.6) is 28.7 Å². The molecule has 1 atom stereocenters. The first-order valence-electron chi connectivity index (χ1n) is 9.06. The van der Waals surface area contributed by atoms with Crippen molar-refractivity contribution in [3.63, 3.8) is 0 Å². The van der Waals surface area contributed by atoms with E-state index in [4.69, 9.17) is 14.2 Å². The third-order valence-corrected chi connectivity index (χ3v) is 5.14. The minimum atomic E-state index is -0.606. The summed E-state index contributed by atoms with van der Waals surface area (Å²) in [5.74, 6) is 0.979. The molecular weight excluding hydrogens is 360 g/mol. The third-order valence-electron chi connectivity index (χ3n) is 5.14. The molecule has 146 valence electrons. The highest BCUT2D eigenvalue weighted by atomic mass is 16.5. The molecule has 2 aromatic rings. The lowest BCUT2D eigenvalue weighted by atomic mass is 9.89. The molecule has 0 radical (unpaired) electrons. The van der Waals surface area contributed by atoms with Crippen molar-refractivity contribution in [2.24, 2.45) is 0 Å². The van der Waals surface area contributed by atoms with Gasteiger partial charge in [0.2, 0.25) is 0 Å². The largest absolute Gasteiger partial charge is 0.508 e. The van der Waals surface area contributed by atoms with Gasteiger partial charge in [-0.15, -0.1) is 0 Å². The van der Waals surface area contributed by atoms with Crippen molar-refractivity contribution in [3.8, 4) is 28.7 Å². The number of aromatic hydroxyl groups is 2. The summed E-state index contributed by atoms with van der Waals surface area (Å²) in [5, 5.41) is 20.4. The quantitative estimate of drug-likeness (QED) is 0.805. The molecule has 0 saturated heterocycles. The second-order valence-electron chi connectivity index (χ2n) is 7.62. The first kappa shape index (κ1) is 18.2. The van der Waals surface area contributed by atoms with Gasteiger partial charge in [-0.1, -0.05) is 0 Å². The molecule has 2 N–H and O–H groups in total. The predicted molar refractivity (Wildman–Crippen MR) is 104 cm³/mol. The second kappa shape index (κ2) is 6.19. The topological polar surface area (TPSA) is 85.2 Å². The summed E-state index contributed by atoms with van der Waals surface area (Å²) in [6.07, 6.45) is 3.21. The van der Waals surface area contributed by atoms with E-state index >= 15 is 0 Å². The lowest BCUT2D eigenvalue weighted by molar-refractivity contribution is 0.0837. The summed E-state index contributed by atoms with van der Waals surface area (Å²) in [7, 11) is 1.49. The molecule has 2 aromatic carbocycles. The summed E-state index contributed by atoms with van der Waals surface area (Å²) < 4.78 is 17.6. The van der Waals surface area contributed by atoms with Gasteiger partial charge in [0.05, 0.1) is 19.1 Å². The first-order chi connectivity index (χ1) is 13.2. The minimum Gasteiger partial charge on any atom is -0.508 e. The highest BCUT2D eigenvalue weighted by Crippen LogP contribution is 2.51. The molecular formula is C22H22O6. The lowest BCUT2D eigenvalue weighted by Crippen LogP contribution is -2.29. The van der Waals surface area contributed by atoms with Gasteiger partial charge in [0.25, 0.3) is 0 Å². The van der Waals surface area contributed by atoms with E-state index in [1.807, 2.05) is 26.0 Å². The lowest BCUT2D eigenvalue weighted by Gasteiger charge is -2.34. The number of phenols is 2. The van der Waals surface area contributed by atoms with Crippen LogP contribution in [-0.2, 0) is 0 Å². The Labute approximate surface area is 163 Å². The molecule has 0 aromatic heterocycles.